The molecule has 1 aliphatic rings. The third kappa shape index (κ3) is 4.92. The molecule has 0 bridgehead atoms. The van der Waals surface area contributed by atoms with E-state index in [0.29, 0.717) is 25.7 Å². The van der Waals surface area contributed by atoms with Crippen molar-refractivity contribution in [2.24, 2.45) is 5.73 Å². The average molecular weight is 257 g/mol. The predicted octanol–water partition coefficient (Wildman–Crippen LogP) is 0.293. The van der Waals surface area contributed by atoms with Crippen molar-refractivity contribution in [3.8, 4) is 0 Å². The van der Waals surface area contributed by atoms with Gasteiger partial charge in [0.25, 0.3) is 0 Å². The van der Waals surface area contributed by atoms with Gasteiger partial charge in [0.05, 0.1) is 13.2 Å². The maximum atomic E-state index is 12.2. The Morgan fingerprint density at radius 3 is 2.56 bits per heavy atom. The molecule has 0 aromatic heterocycles. The molecule has 1 saturated heterocycles. The Balaban J connectivity index is 2.40. The molecule has 0 spiro atoms. The molecule has 0 unspecified atom stereocenters. The lowest BCUT2D eigenvalue weighted by molar-refractivity contribution is -0.135. The zero-order valence-corrected chi connectivity index (χ0v) is 11.9. The monoisotopic (exact) mass is 257 g/mol. The molecule has 1 amide bonds. The summed E-state index contributed by atoms with van der Waals surface area (Å²) in [5.41, 5.74) is 5.86. The number of hydrogen-bond acceptors (Lipinski definition) is 4. The first kappa shape index (κ1) is 15.4. The van der Waals surface area contributed by atoms with Gasteiger partial charge in [-0.25, -0.2) is 0 Å². The van der Waals surface area contributed by atoms with Crippen molar-refractivity contribution in [2.75, 3.05) is 39.9 Å². The summed E-state index contributed by atoms with van der Waals surface area (Å²) < 4.78 is 5.05. The standard InChI is InChI=1S/C13H27N3O2/c1-11(2)16(8-9-18-3)13(17)10-15-6-4-12(14)5-7-15/h11-12H,4-10,14H2,1-3H3. The summed E-state index contributed by atoms with van der Waals surface area (Å²) >= 11 is 0. The van der Waals surface area contributed by atoms with Crippen molar-refractivity contribution >= 4 is 5.91 Å². The quantitative estimate of drug-likeness (QED) is 0.743. The first-order chi connectivity index (χ1) is 8.54. The molecule has 5 heteroatoms. The van der Waals surface area contributed by atoms with Gasteiger partial charge < -0.3 is 15.4 Å². The van der Waals surface area contributed by atoms with Crippen LogP contribution in [0.5, 0.6) is 0 Å². The molecule has 0 aromatic rings. The van der Waals surface area contributed by atoms with E-state index in [1.54, 1.807) is 7.11 Å². The van der Waals surface area contributed by atoms with Crippen LogP contribution in [0.4, 0.5) is 0 Å². The minimum Gasteiger partial charge on any atom is -0.383 e. The van der Waals surface area contributed by atoms with Crippen molar-refractivity contribution in [2.45, 2.75) is 38.8 Å². The van der Waals surface area contributed by atoms with E-state index in [-0.39, 0.29) is 11.9 Å². The fraction of sp³-hybridized carbons (Fsp3) is 0.923. The number of hydrogen-bond donors (Lipinski definition) is 1. The lowest BCUT2D eigenvalue weighted by Gasteiger charge is -2.33. The Morgan fingerprint density at radius 2 is 2.06 bits per heavy atom. The Labute approximate surface area is 110 Å². The van der Waals surface area contributed by atoms with Crippen LogP contribution in [-0.2, 0) is 9.53 Å². The number of rotatable bonds is 6. The highest BCUT2D eigenvalue weighted by Crippen LogP contribution is 2.09. The third-order valence-corrected chi connectivity index (χ3v) is 3.47. The van der Waals surface area contributed by atoms with Crippen LogP contribution in [-0.4, -0.2) is 67.7 Å². The second kappa shape index (κ2) is 7.71. The van der Waals surface area contributed by atoms with Gasteiger partial charge in [-0.1, -0.05) is 0 Å². The number of piperidine rings is 1. The number of amides is 1. The van der Waals surface area contributed by atoms with Crippen LogP contribution in [0.2, 0.25) is 0 Å². The molecular formula is C13H27N3O2. The molecule has 0 aliphatic carbocycles. The molecule has 1 rings (SSSR count). The van der Waals surface area contributed by atoms with E-state index >= 15 is 0 Å². The lowest BCUT2D eigenvalue weighted by atomic mass is 10.1. The zero-order valence-electron chi connectivity index (χ0n) is 11.9. The van der Waals surface area contributed by atoms with Gasteiger partial charge in [-0.3, -0.25) is 9.69 Å². The maximum Gasteiger partial charge on any atom is 0.237 e. The minimum absolute atomic E-state index is 0.192. The van der Waals surface area contributed by atoms with Crippen LogP contribution in [0.25, 0.3) is 0 Å². The molecular weight excluding hydrogens is 230 g/mol. The molecule has 18 heavy (non-hydrogen) atoms. The molecule has 5 nitrogen and oxygen atoms in total. The van der Waals surface area contributed by atoms with Crippen molar-refractivity contribution < 1.29 is 9.53 Å². The average Bonchev–Trinajstić information content (AvgIpc) is 2.32. The van der Waals surface area contributed by atoms with E-state index in [1.807, 2.05) is 18.7 Å². The largest absolute Gasteiger partial charge is 0.383 e. The molecule has 1 heterocycles. The first-order valence-corrected chi connectivity index (χ1v) is 6.81. The van der Waals surface area contributed by atoms with E-state index in [1.165, 1.54) is 0 Å². The maximum absolute atomic E-state index is 12.2. The second-order valence-electron chi connectivity index (χ2n) is 5.29. The number of nitrogens with zero attached hydrogens (tertiary/aromatic N) is 2. The second-order valence-corrected chi connectivity index (χ2v) is 5.29. The Kier molecular flexibility index (Phi) is 6.60. The van der Waals surface area contributed by atoms with Crippen LogP contribution >= 0.6 is 0 Å². The highest BCUT2D eigenvalue weighted by molar-refractivity contribution is 5.78. The first-order valence-electron chi connectivity index (χ1n) is 6.81. The van der Waals surface area contributed by atoms with Crippen molar-refractivity contribution in [3.05, 3.63) is 0 Å². The van der Waals surface area contributed by atoms with Gasteiger partial charge in [0.15, 0.2) is 0 Å². The number of likely N-dealkylation sites (tertiary alicyclic amines) is 1. The summed E-state index contributed by atoms with van der Waals surface area (Å²) in [6.45, 7) is 7.72. The molecule has 0 radical (unpaired) electrons. The molecule has 0 atom stereocenters. The Bertz CT molecular complexity index is 251. The van der Waals surface area contributed by atoms with Crippen LogP contribution in [0, 0.1) is 0 Å². The van der Waals surface area contributed by atoms with Gasteiger partial charge in [-0.15, -0.1) is 0 Å². The van der Waals surface area contributed by atoms with Crippen LogP contribution in [0.1, 0.15) is 26.7 Å². The van der Waals surface area contributed by atoms with Crippen LogP contribution in [0.15, 0.2) is 0 Å². The van der Waals surface area contributed by atoms with E-state index in [2.05, 4.69) is 4.90 Å². The number of carbonyl (C=O) groups is 1. The van der Waals surface area contributed by atoms with Crippen molar-refractivity contribution in [1.82, 2.24) is 9.80 Å². The van der Waals surface area contributed by atoms with Gasteiger partial charge in [0, 0.05) is 38.8 Å². The summed E-state index contributed by atoms with van der Waals surface area (Å²) in [5.74, 6) is 0.192. The van der Waals surface area contributed by atoms with E-state index in [4.69, 9.17) is 10.5 Å². The molecule has 0 saturated carbocycles. The highest BCUT2D eigenvalue weighted by Gasteiger charge is 2.22. The summed E-state index contributed by atoms with van der Waals surface area (Å²) in [5, 5.41) is 0. The number of nitrogens with two attached hydrogens (primary N) is 1. The Morgan fingerprint density at radius 1 is 1.44 bits per heavy atom. The summed E-state index contributed by atoms with van der Waals surface area (Å²) in [4.78, 5) is 16.3. The summed E-state index contributed by atoms with van der Waals surface area (Å²) in [6.07, 6.45) is 1.99. The Hall–Kier alpha value is -0.650. The highest BCUT2D eigenvalue weighted by atomic mass is 16.5. The molecule has 0 aromatic carbocycles. The number of carbonyl (C=O) groups excluding carboxylic acids is 1. The van der Waals surface area contributed by atoms with E-state index < -0.39 is 0 Å². The molecule has 1 aliphatic heterocycles. The summed E-state index contributed by atoms with van der Waals surface area (Å²) in [7, 11) is 1.66. The van der Waals surface area contributed by atoms with Gasteiger partial charge in [-0.2, -0.15) is 0 Å². The number of methoxy groups -OCH3 is 1. The van der Waals surface area contributed by atoms with E-state index in [0.717, 1.165) is 25.9 Å². The number of ether oxygens (including phenoxy) is 1. The van der Waals surface area contributed by atoms with Crippen molar-refractivity contribution in [3.63, 3.8) is 0 Å². The zero-order chi connectivity index (χ0) is 13.5. The van der Waals surface area contributed by atoms with E-state index in [9.17, 15) is 4.79 Å². The molecule has 1 fully saturated rings. The van der Waals surface area contributed by atoms with Crippen LogP contribution < -0.4 is 5.73 Å². The minimum atomic E-state index is 0.192. The fourth-order valence-electron chi connectivity index (χ4n) is 2.25. The van der Waals surface area contributed by atoms with Crippen LogP contribution in [0.3, 0.4) is 0 Å². The van der Waals surface area contributed by atoms with Gasteiger partial charge in [0.2, 0.25) is 5.91 Å². The van der Waals surface area contributed by atoms with Gasteiger partial charge in [-0.05, 0) is 26.7 Å². The normalized spacial score (nSPS) is 18.3. The predicted molar refractivity (Wildman–Crippen MR) is 72.4 cm³/mol. The summed E-state index contributed by atoms with van der Waals surface area (Å²) in [6, 6.07) is 0.533. The third-order valence-electron chi connectivity index (χ3n) is 3.47. The molecule has 106 valence electrons. The topological polar surface area (TPSA) is 58.8 Å². The van der Waals surface area contributed by atoms with Gasteiger partial charge in [0.1, 0.15) is 0 Å². The molecule has 2 N–H and O–H groups in total. The SMILES string of the molecule is COCCN(C(=O)CN1CCC(N)CC1)C(C)C. The van der Waals surface area contributed by atoms with Crippen molar-refractivity contribution in [1.29, 1.82) is 0 Å². The smallest absolute Gasteiger partial charge is 0.237 e. The lowest BCUT2D eigenvalue weighted by Crippen LogP contribution is -2.48. The fourth-order valence-corrected chi connectivity index (χ4v) is 2.25. The van der Waals surface area contributed by atoms with Gasteiger partial charge >= 0.3 is 0 Å².